The Kier molecular flexibility index (Phi) is 3.43. The van der Waals surface area contributed by atoms with E-state index in [1.54, 1.807) is 30.3 Å². The van der Waals surface area contributed by atoms with Gasteiger partial charge in [-0.2, -0.15) is 0 Å². The van der Waals surface area contributed by atoms with Gasteiger partial charge < -0.3 is 0 Å². The van der Waals surface area contributed by atoms with Crippen molar-refractivity contribution >= 4 is 39.1 Å². The lowest BCUT2D eigenvalue weighted by atomic mass is 9.83. The van der Waals surface area contributed by atoms with Crippen LogP contribution in [0.15, 0.2) is 72.8 Å². The van der Waals surface area contributed by atoms with E-state index in [-0.39, 0.29) is 11.7 Å². The molecule has 0 fully saturated rings. The molecule has 0 atom stereocenters. The predicted octanol–water partition coefficient (Wildman–Crippen LogP) is 4.45. The van der Waals surface area contributed by atoms with Crippen LogP contribution in [0, 0.1) is 0 Å². The van der Waals surface area contributed by atoms with Crippen molar-refractivity contribution in [1.29, 1.82) is 0 Å². The summed E-state index contributed by atoms with van der Waals surface area (Å²) in [6.45, 7) is 0. The fourth-order valence-electron chi connectivity index (χ4n) is 4.04. The SMILES string of the molecule is CN1C(=O)c2cccc3c2c(c(C(=O)c2ccccc2)c2ccccc23)C1=O. The third kappa shape index (κ3) is 2.09. The monoisotopic (exact) mass is 365 g/mol. The zero-order valence-electron chi connectivity index (χ0n) is 15.1. The molecule has 2 amide bonds. The summed E-state index contributed by atoms with van der Waals surface area (Å²) in [7, 11) is 1.46. The van der Waals surface area contributed by atoms with Crippen LogP contribution in [-0.2, 0) is 0 Å². The van der Waals surface area contributed by atoms with E-state index in [1.807, 2.05) is 42.5 Å². The number of rotatable bonds is 2. The van der Waals surface area contributed by atoms with E-state index in [0.717, 1.165) is 15.7 Å². The first kappa shape index (κ1) is 16.4. The molecule has 0 aromatic heterocycles. The summed E-state index contributed by atoms with van der Waals surface area (Å²) in [5, 5.41) is 2.94. The summed E-state index contributed by atoms with van der Waals surface area (Å²) < 4.78 is 0. The number of carbonyl (C=O) groups excluding carboxylic acids is 3. The Labute approximate surface area is 161 Å². The number of carbonyl (C=O) groups is 3. The molecule has 134 valence electrons. The van der Waals surface area contributed by atoms with Gasteiger partial charge in [-0.25, -0.2) is 0 Å². The van der Waals surface area contributed by atoms with Crippen LogP contribution in [0.4, 0.5) is 0 Å². The van der Waals surface area contributed by atoms with Crippen molar-refractivity contribution in [2.75, 3.05) is 7.05 Å². The number of benzene rings is 4. The number of hydrogen-bond acceptors (Lipinski definition) is 3. The maximum Gasteiger partial charge on any atom is 0.261 e. The summed E-state index contributed by atoms with van der Waals surface area (Å²) >= 11 is 0. The molecule has 0 radical (unpaired) electrons. The molecule has 5 rings (SSSR count). The largest absolute Gasteiger partial charge is 0.289 e. The molecule has 4 aromatic rings. The molecule has 1 aliphatic rings. The molecule has 28 heavy (non-hydrogen) atoms. The lowest BCUT2D eigenvalue weighted by Crippen LogP contribution is -2.38. The molecule has 0 N–H and O–H groups in total. The van der Waals surface area contributed by atoms with Crippen molar-refractivity contribution < 1.29 is 14.4 Å². The Bertz CT molecular complexity index is 1320. The molecule has 0 bridgehead atoms. The van der Waals surface area contributed by atoms with Gasteiger partial charge in [-0.1, -0.05) is 66.7 Å². The highest BCUT2D eigenvalue weighted by atomic mass is 16.2. The van der Waals surface area contributed by atoms with Crippen LogP contribution in [0.25, 0.3) is 21.5 Å². The van der Waals surface area contributed by atoms with Crippen molar-refractivity contribution in [2.24, 2.45) is 0 Å². The number of ketones is 1. The van der Waals surface area contributed by atoms with Crippen LogP contribution in [0.5, 0.6) is 0 Å². The molecule has 0 unspecified atom stereocenters. The minimum atomic E-state index is -0.446. The normalized spacial score (nSPS) is 13.4. The Hall–Kier alpha value is -3.79. The highest BCUT2D eigenvalue weighted by Crippen LogP contribution is 2.39. The second kappa shape index (κ2) is 5.86. The molecule has 0 aliphatic carbocycles. The number of hydrogen-bond donors (Lipinski definition) is 0. The van der Waals surface area contributed by atoms with Crippen LogP contribution >= 0.6 is 0 Å². The van der Waals surface area contributed by atoms with Crippen LogP contribution in [-0.4, -0.2) is 29.5 Å². The second-order valence-corrected chi connectivity index (χ2v) is 6.89. The zero-order valence-corrected chi connectivity index (χ0v) is 15.1. The molecule has 0 spiro atoms. The van der Waals surface area contributed by atoms with Gasteiger partial charge in [0.05, 0.1) is 5.56 Å². The number of amides is 2. The van der Waals surface area contributed by atoms with Gasteiger partial charge in [-0.05, 0) is 22.2 Å². The van der Waals surface area contributed by atoms with E-state index in [1.165, 1.54) is 7.05 Å². The standard InChI is InChI=1S/C24H15NO3/c1-25-23(27)18-13-7-12-16-15-10-5-6-11-17(15)20(21(19(16)18)24(25)28)22(26)14-8-3-2-4-9-14/h2-13H,1H3. The van der Waals surface area contributed by atoms with Crippen molar-refractivity contribution in [1.82, 2.24) is 4.90 Å². The van der Waals surface area contributed by atoms with Gasteiger partial charge in [0.2, 0.25) is 0 Å². The van der Waals surface area contributed by atoms with E-state index in [2.05, 4.69) is 0 Å². The first-order chi connectivity index (χ1) is 13.6. The summed E-state index contributed by atoms with van der Waals surface area (Å²) in [6, 6.07) is 21.9. The number of imide groups is 1. The van der Waals surface area contributed by atoms with E-state index >= 15 is 0 Å². The van der Waals surface area contributed by atoms with E-state index in [0.29, 0.717) is 33.0 Å². The Morgan fingerprint density at radius 1 is 0.714 bits per heavy atom. The molecule has 0 saturated carbocycles. The van der Waals surface area contributed by atoms with Gasteiger partial charge in [0.25, 0.3) is 11.8 Å². The average molecular weight is 365 g/mol. The van der Waals surface area contributed by atoms with Gasteiger partial charge in [0, 0.05) is 29.1 Å². The summed E-state index contributed by atoms with van der Waals surface area (Å²) in [4.78, 5) is 40.5. The smallest absolute Gasteiger partial charge is 0.261 e. The van der Waals surface area contributed by atoms with E-state index in [9.17, 15) is 14.4 Å². The Balaban J connectivity index is 2.02. The second-order valence-electron chi connectivity index (χ2n) is 6.89. The molecule has 0 saturated heterocycles. The van der Waals surface area contributed by atoms with E-state index < -0.39 is 5.91 Å². The predicted molar refractivity (Wildman–Crippen MR) is 108 cm³/mol. The van der Waals surface area contributed by atoms with Gasteiger partial charge in [0.1, 0.15) is 0 Å². The Morgan fingerprint density at radius 2 is 1.36 bits per heavy atom. The molecule has 4 aromatic carbocycles. The third-order valence-corrected chi connectivity index (χ3v) is 5.37. The Morgan fingerprint density at radius 3 is 2.11 bits per heavy atom. The fraction of sp³-hybridized carbons (Fsp3) is 0.0417. The van der Waals surface area contributed by atoms with Crippen LogP contribution in [0.3, 0.4) is 0 Å². The lowest BCUT2D eigenvalue weighted by molar-refractivity contribution is 0.0648. The van der Waals surface area contributed by atoms with Gasteiger partial charge in [-0.15, -0.1) is 0 Å². The minimum Gasteiger partial charge on any atom is -0.289 e. The quantitative estimate of drug-likeness (QED) is 0.300. The molecule has 4 heteroatoms. The van der Waals surface area contributed by atoms with Crippen molar-refractivity contribution in [3.05, 3.63) is 95.1 Å². The summed E-state index contributed by atoms with van der Waals surface area (Å²) in [5.74, 6) is -1.02. The maximum atomic E-state index is 13.5. The first-order valence-corrected chi connectivity index (χ1v) is 8.99. The molecule has 4 nitrogen and oxygen atoms in total. The highest BCUT2D eigenvalue weighted by molar-refractivity contribution is 6.35. The highest BCUT2D eigenvalue weighted by Gasteiger charge is 2.35. The van der Waals surface area contributed by atoms with Gasteiger partial charge in [0.15, 0.2) is 5.78 Å². The number of fused-ring (bicyclic) bond motifs is 2. The molecular weight excluding hydrogens is 350 g/mol. The van der Waals surface area contributed by atoms with E-state index in [4.69, 9.17) is 0 Å². The lowest BCUT2D eigenvalue weighted by Gasteiger charge is -2.26. The van der Waals surface area contributed by atoms with Crippen molar-refractivity contribution in [3.8, 4) is 0 Å². The van der Waals surface area contributed by atoms with Gasteiger partial charge in [-0.3, -0.25) is 19.3 Å². The fourth-order valence-corrected chi connectivity index (χ4v) is 4.04. The van der Waals surface area contributed by atoms with Crippen LogP contribution < -0.4 is 0 Å². The third-order valence-electron chi connectivity index (χ3n) is 5.37. The first-order valence-electron chi connectivity index (χ1n) is 8.99. The average Bonchev–Trinajstić information content (AvgIpc) is 2.75. The minimum absolute atomic E-state index is 0.223. The van der Waals surface area contributed by atoms with Crippen molar-refractivity contribution in [3.63, 3.8) is 0 Å². The molecular formula is C24H15NO3. The number of nitrogens with zero attached hydrogens (tertiary/aromatic N) is 1. The molecule has 1 aliphatic heterocycles. The van der Waals surface area contributed by atoms with Crippen LogP contribution in [0.2, 0.25) is 0 Å². The van der Waals surface area contributed by atoms with Crippen LogP contribution in [0.1, 0.15) is 36.6 Å². The van der Waals surface area contributed by atoms with Crippen molar-refractivity contribution in [2.45, 2.75) is 0 Å². The molecule has 1 heterocycles. The van der Waals surface area contributed by atoms with Gasteiger partial charge >= 0.3 is 0 Å². The maximum absolute atomic E-state index is 13.5. The summed E-state index contributed by atoms with van der Waals surface area (Å²) in [5.41, 5.74) is 1.61. The summed E-state index contributed by atoms with van der Waals surface area (Å²) in [6.07, 6.45) is 0. The zero-order chi connectivity index (χ0) is 19.4. The topological polar surface area (TPSA) is 54.5 Å².